The van der Waals surface area contributed by atoms with Gasteiger partial charge < -0.3 is 20.6 Å². The lowest BCUT2D eigenvalue weighted by Crippen LogP contribution is -2.44. The number of Topliss-reactive ketones (excluding diaryl/α,β-unsaturated/α-hetero) is 1. The molecule has 0 aromatic rings. The van der Waals surface area contributed by atoms with Gasteiger partial charge in [-0.15, -0.1) is 12.4 Å². The van der Waals surface area contributed by atoms with Crippen molar-refractivity contribution in [1.29, 1.82) is 5.26 Å². The van der Waals surface area contributed by atoms with Crippen LogP contribution in [0.2, 0.25) is 0 Å². The second-order valence-corrected chi connectivity index (χ2v) is 6.86. The van der Waals surface area contributed by atoms with Crippen molar-refractivity contribution in [3.63, 3.8) is 0 Å². The first-order valence-electron chi connectivity index (χ1n) is 8.43. The van der Waals surface area contributed by atoms with Crippen LogP contribution < -0.4 is 10.6 Å². The number of rotatable bonds is 5. The highest BCUT2D eigenvalue weighted by atomic mass is 35.5. The van der Waals surface area contributed by atoms with E-state index in [2.05, 4.69) is 16.7 Å². The summed E-state index contributed by atoms with van der Waals surface area (Å²) in [6.07, 6.45) is 3.46. The summed E-state index contributed by atoms with van der Waals surface area (Å²) in [5.41, 5.74) is 0. The first-order valence-corrected chi connectivity index (χ1v) is 8.43. The van der Waals surface area contributed by atoms with Gasteiger partial charge >= 0.3 is 0 Å². The zero-order chi connectivity index (χ0) is 16.4. The molecule has 1 aliphatic carbocycles. The minimum Gasteiger partial charge on any atom is -0.389 e. The number of nitriles is 1. The molecule has 0 aromatic carbocycles. The molecule has 1 amide bonds. The first kappa shape index (κ1) is 19.1. The minimum absolute atomic E-state index is 0. The lowest BCUT2D eigenvalue weighted by atomic mass is 9.92. The van der Waals surface area contributed by atoms with Gasteiger partial charge in [0.05, 0.1) is 18.7 Å². The third kappa shape index (κ3) is 3.72. The van der Waals surface area contributed by atoms with Crippen LogP contribution in [0.15, 0.2) is 0 Å². The van der Waals surface area contributed by atoms with Crippen molar-refractivity contribution in [2.75, 3.05) is 26.2 Å². The zero-order valence-corrected chi connectivity index (χ0v) is 14.4. The highest BCUT2D eigenvalue weighted by Gasteiger charge is 2.45. The summed E-state index contributed by atoms with van der Waals surface area (Å²) < 4.78 is 0. The topological polar surface area (TPSA) is 105 Å². The largest absolute Gasteiger partial charge is 0.389 e. The van der Waals surface area contributed by atoms with Gasteiger partial charge in [-0.1, -0.05) is 0 Å². The summed E-state index contributed by atoms with van der Waals surface area (Å²) in [5.74, 6) is 0.540. The molecule has 7 nitrogen and oxygen atoms in total. The van der Waals surface area contributed by atoms with E-state index >= 15 is 0 Å². The Morgan fingerprint density at radius 1 is 1.38 bits per heavy atom. The Morgan fingerprint density at radius 2 is 2.17 bits per heavy atom. The predicted octanol–water partition coefficient (Wildman–Crippen LogP) is -0.560. The van der Waals surface area contributed by atoms with Gasteiger partial charge in [0.1, 0.15) is 12.6 Å². The molecule has 2 aliphatic heterocycles. The van der Waals surface area contributed by atoms with Crippen molar-refractivity contribution in [2.45, 2.75) is 43.8 Å². The molecule has 24 heavy (non-hydrogen) atoms. The number of carbonyl (C=O) groups is 2. The first-order chi connectivity index (χ1) is 11.1. The molecule has 0 aromatic heterocycles. The molecule has 2 saturated heterocycles. The maximum Gasteiger partial charge on any atom is 0.237 e. The summed E-state index contributed by atoms with van der Waals surface area (Å²) in [5, 5.41) is 24.6. The summed E-state index contributed by atoms with van der Waals surface area (Å²) in [6, 6.07) is 1.90. The fourth-order valence-corrected chi connectivity index (χ4v) is 4.38. The lowest BCUT2D eigenvalue weighted by Gasteiger charge is -2.22. The molecule has 3 rings (SSSR count). The molecule has 0 radical (unpaired) electrons. The second-order valence-electron chi connectivity index (χ2n) is 6.86. The van der Waals surface area contributed by atoms with Crippen molar-refractivity contribution in [3.05, 3.63) is 0 Å². The minimum atomic E-state index is -0.415. The molecular formula is C16H25ClN4O3. The standard InChI is InChI=1S/C16H24N4O3.ClH/c17-6-12-2-1-3-20(12)15(23)8-18-11-4-10-7-19-16(13(10)5-11)14(22)9-21;/h10-13,16,18-19,21H,1-5,7-9H2;1H/t10-,11+,12?,13+,16+;/m1./s1. The number of hydrogen-bond donors (Lipinski definition) is 3. The van der Waals surface area contributed by atoms with Crippen LogP contribution in [0.5, 0.6) is 0 Å². The number of hydrogen-bond acceptors (Lipinski definition) is 6. The van der Waals surface area contributed by atoms with Gasteiger partial charge in [0.15, 0.2) is 5.78 Å². The Hall–Kier alpha value is -1.20. The van der Waals surface area contributed by atoms with Crippen molar-refractivity contribution in [1.82, 2.24) is 15.5 Å². The third-order valence-electron chi connectivity index (χ3n) is 5.54. The monoisotopic (exact) mass is 356 g/mol. The van der Waals surface area contributed by atoms with Gasteiger partial charge in [0, 0.05) is 12.6 Å². The Morgan fingerprint density at radius 3 is 2.88 bits per heavy atom. The molecular weight excluding hydrogens is 332 g/mol. The van der Waals surface area contributed by atoms with E-state index in [0.29, 0.717) is 12.5 Å². The molecule has 3 fully saturated rings. The summed E-state index contributed by atoms with van der Waals surface area (Å²) in [7, 11) is 0. The molecule has 1 unspecified atom stereocenters. The number of likely N-dealkylation sites (tertiary alicyclic amines) is 1. The van der Waals surface area contributed by atoms with Crippen molar-refractivity contribution in [2.24, 2.45) is 11.8 Å². The molecule has 2 heterocycles. The normalized spacial score (nSPS) is 34.5. The lowest BCUT2D eigenvalue weighted by molar-refractivity contribution is -0.130. The number of aliphatic hydroxyl groups is 1. The van der Waals surface area contributed by atoms with Crippen LogP contribution in [0.4, 0.5) is 0 Å². The van der Waals surface area contributed by atoms with E-state index in [0.717, 1.165) is 32.2 Å². The van der Waals surface area contributed by atoms with Crippen LogP contribution in [-0.4, -0.2) is 66.1 Å². The Labute approximate surface area is 148 Å². The quantitative estimate of drug-likeness (QED) is 0.610. The van der Waals surface area contributed by atoms with Crippen LogP contribution in [0, 0.1) is 23.2 Å². The molecule has 1 saturated carbocycles. The van der Waals surface area contributed by atoms with Crippen LogP contribution in [0.1, 0.15) is 25.7 Å². The SMILES string of the molecule is Cl.N#CC1CCCN1C(=O)CN[C@H]1C[C@@H]2CN[C@H](C(=O)CO)[C@H]2C1. The Kier molecular flexibility index (Phi) is 6.58. The van der Waals surface area contributed by atoms with Crippen molar-refractivity contribution >= 4 is 24.1 Å². The van der Waals surface area contributed by atoms with E-state index in [4.69, 9.17) is 10.4 Å². The number of aliphatic hydroxyl groups excluding tert-OH is 1. The van der Waals surface area contributed by atoms with E-state index in [-0.39, 0.29) is 54.7 Å². The average molecular weight is 357 g/mol. The number of halogens is 1. The molecule has 3 aliphatic rings. The number of nitrogens with one attached hydrogen (secondary N) is 2. The van der Waals surface area contributed by atoms with Gasteiger partial charge in [-0.05, 0) is 44.1 Å². The number of amides is 1. The van der Waals surface area contributed by atoms with Crippen LogP contribution in [0.25, 0.3) is 0 Å². The average Bonchev–Trinajstić information content (AvgIpc) is 3.26. The van der Waals surface area contributed by atoms with E-state index in [1.165, 1.54) is 0 Å². The molecule has 8 heteroatoms. The van der Waals surface area contributed by atoms with Gasteiger partial charge in [-0.2, -0.15) is 5.26 Å². The maximum atomic E-state index is 12.2. The van der Waals surface area contributed by atoms with Gasteiger partial charge in [0.2, 0.25) is 5.91 Å². The summed E-state index contributed by atoms with van der Waals surface area (Å²) in [6.45, 7) is 1.32. The Balaban J connectivity index is 0.00000208. The second kappa shape index (κ2) is 8.26. The predicted molar refractivity (Wildman–Crippen MR) is 89.5 cm³/mol. The third-order valence-corrected chi connectivity index (χ3v) is 5.54. The fraction of sp³-hybridized carbons (Fsp3) is 0.812. The van der Waals surface area contributed by atoms with E-state index in [1.807, 2.05) is 0 Å². The molecule has 0 spiro atoms. The fourth-order valence-electron chi connectivity index (χ4n) is 4.38. The van der Waals surface area contributed by atoms with E-state index < -0.39 is 6.61 Å². The number of carbonyl (C=O) groups excluding carboxylic acids is 2. The summed E-state index contributed by atoms with van der Waals surface area (Å²) >= 11 is 0. The molecule has 0 bridgehead atoms. The highest BCUT2D eigenvalue weighted by molar-refractivity contribution is 5.86. The van der Waals surface area contributed by atoms with Gasteiger partial charge in [-0.25, -0.2) is 0 Å². The maximum absolute atomic E-state index is 12.2. The van der Waals surface area contributed by atoms with Crippen LogP contribution in [-0.2, 0) is 9.59 Å². The zero-order valence-electron chi connectivity index (χ0n) is 13.6. The van der Waals surface area contributed by atoms with Crippen LogP contribution >= 0.6 is 12.4 Å². The van der Waals surface area contributed by atoms with Crippen LogP contribution in [0.3, 0.4) is 0 Å². The summed E-state index contributed by atoms with van der Waals surface area (Å²) in [4.78, 5) is 25.7. The van der Waals surface area contributed by atoms with Crippen molar-refractivity contribution in [3.8, 4) is 6.07 Å². The van der Waals surface area contributed by atoms with Crippen molar-refractivity contribution < 1.29 is 14.7 Å². The highest BCUT2D eigenvalue weighted by Crippen LogP contribution is 2.38. The number of nitrogens with zero attached hydrogens (tertiary/aromatic N) is 2. The van der Waals surface area contributed by atoms with Gasteiger partial charge in [-0.3, -0.25) is 9.59 Å². The molecule has 3 N–H and O–H groups in total. The van der Waals surface area contributed by atoms with E-state index in [9.17, 15) is 9.59 Å². The molecule has 134 valence electrons. The molecule has 5 atom stereocenters. The van der Waals surface area contributed by atoms with Gasteiger partial charge in [0.25, 0.3) is 0 Å². The number of fused-ring (bicyclic) bond motifs is 1. The Bertz CT molecular complexity index is 524. The number of ketones is 1. The van der Waals surface area contributed by atoms with E-state index in [1.54, 1.807) is 4.90 Å². The smallest absolute Gasteiger partial charge is 0.237 e.